The fourth-order valence-electron chi connectivity index (χ4n) is 2.25. The fraction of sp³-hybridized carbons (Fsp3) is 0.438. The number of benzene rings is 1. The molecule has 0 saturated heterocycles. The maximum atomic E-state index is 12.0. The predicted molar refractivity (Wildman–Crippen MR) is 81.8 cm³/mol. The van der Waals surface area contributed by atoms with Gasteiger partial charge in [0.1, 0.15) is 11.3 Å². The number of nitrogens with one attached hydrogen (secondary N) is 1. The van der Waals surface area contributed by atoms with E-state index in [0.29, 0.717) is 16.3 Å². The predicted octanol–water partition coefficient (Wildman–Crippen LogP) is 2.73. The summed E-state index contributed by atoms with van der Waals surface area (Å²) < 4.78 is 5.40. The normalized spacial score (nSPS) is 16.3. The minimum atomic E-state index is -0.857. The first-order valence-electron chi connectivity index (χ1n) is 7.01. The minimum absolute atomic E-state index is 0.197. The van der Waals surface area contributed by atoms with E-state index in [1.54, 1.807) is 19.1 Å². The second-order valence-corrected chi connectivity index (χ2v) is 6.06. The molecule has 22 heavy (non-hydrogen) atoms. The molecule has 5 nitrogen and oxygen atoms in total. The quantitative estimate of drug-likeness (QED) is 0.817. The first kappa shape index (κ1) is 16.3. The molecule has 1 aromatic carbocycles. The van der Waals surface area contributed by atoms with Crippen molar-refractivity contribution in [2.24, 2.45) is 5.92 Å². The van der Waals surface area contributed by atoms with Crippen molar-refractivity contribution < 1.29 is 14.3 Å². The van der Waals surface area contributed by atoms with Crippen LogP contribution >= 0.6 is 11.6 Å². The molecule has 0 unspecified atom stereocenters. The highest BCUT2D eigenvalue weighted by Crippen LogP contribution is 2.39. The third kappa shape index (κ3) is 3.77. The standard InChI is InChI=1S/C16H17ClN2O3/c1-10(20)13-7-12(17)5-6-14(13)22-8-15(21)19-16(2,9-18)11-3-4-11/h5-7,11H,3-4,8H2,1-2H3,(H,19,21)/t16-/m0/s1. The van der Waals surface area contributed by atoms with Gasteiger partial charge in [0.15, 0.2) is 12.4 Å². The zero-order valence-electron chi connectivity index (χ0n) is 12.5. The summed E-state index contributed by atoms with van der Waals surface area (Å²) in [6.45, 7) is 2.86. The Kier molecular flexibility index (Phi) is 4.72. The molecule has 0 aromatic heterocycles. The summed E-state index contributed by atoms with van der Waals surface area (Å²) in [4.78, 5) is 23.5. The zero-order chi connectivity index (χ0) is 16.3. The van der Waals surface area contributed by atoms with Crippen molar-refractivity contribution in [3.05, 3.63) is 28.8 Å². The topological polar surface area (TPSA) is 79.2 Å². The van der Waals surface area contributed by atoms with E-state index in [1.165, 1.54) is 13.0 Å². The Hall–Kier alpha value is -2.06. The molecular formula is C16H17ClN2O3. The van der Waals surface area contributed by atoms with E-state index < -0.39 is 5.54 Å². The van der Waals surface area contributed by atoms with Crippen molar-refractivity contribution in [2.75, 3.05) is 6.61 Å². The molecule has 1 N–H and O–H groups in total. The van der Waals surface area contributed by atoms with E-state index >= 15 is 0 Å². The third-order valence-electron chi connectivity index (χ3n) is 3.70. The van der Waals surface area contributed by atoms with Gasteiger partial charge in [-0.1, -0.05) is 11.6 Å². The van der Waals surface area contributed by atoms with Gasteiger partial charge in [0, 0.05) is 5.02 Å². The van der Waals surface area contributed by atoms with E-state index in [1.807, 2.05) is 0 Å². The van der Waals surface area contributed by atoms with Crippen LogP contribution in [-0.4, -0.2) is 23.8 Å². The minimum Gasteiger partial charge on any atom is -0.483 e. The van der Waals surface area contributed by atoms with Crippen LogP contribution in [0, 0.1) is 17.2 Å². The van der Waals surface area contributed by atoms with E-state index in [-0.39, 0.29) is 24.2 Å². The summed E-state index contributed by atoms with van der Waals surface area (Å²) in [5.74, 6) is -0.0833. The highest BCUT2D eigenvalue weighted by atomic mass is 35.5. The van der Waals surface area contributed by atoms with Crippen LogP contribution in [0.3, 0.4) is 0 Å². The van der Waals surface area contributed by atoms with Gasteiger partial charge in [0.05, 0.1) is 11.6 Å². The zero-order valence-corrected chi connectivity index (χ0v) is 13.2. The molecular weight excluding hydrogens is 304 g/mol. The van der Waals surface area contributed by atoms with Crippen molar-refractivity contribution >= 4 is 23.3 Å². The number of nitriles is 1. The van der Waals surface area contributed by atoms with E-state index in [4.69, 9.17) is 16.3 Å². The monoisotopic (exact) mass is 320 g/mol. The average Bonchev–Trinajstić information content (AvgIpc) is 3.30. The summed E-state index contributed by atoms with van der Waals surface area (Å²) >= 11 is 5.85. The Balaban J connectivity index is 2.00. The number of hydrogen-bond acceptors (Lipinski definition) is 4. The lowest BCUT2D eigenvalue weighted by molar-refractivity contribution is -0.124. The smallest absolute Gasteiger partial charge is 0.259 e. The molecule has 1 aliphatic rings. The van der Waals surface area contributed by atoms with Gasteiger partial charge in [-0.15, -0.1) is 0 Å². The fourth-order valence-corrected chi connectivity index (χ4v) is 2.43. The van der Waals surface area contributed by atoms with E-state index in [0.717, 1.165) is 12.8 Å². The number of nitrogens with zero attached hydrogens (tertiary/aromatic N) is 1. The first-order chi connectivity index (χ1) is 10.4. The molecule has 0 aliphatic heterocycles. The van der Waals surface area contributed by atoms with Crippen molar-refractivity contribution in [1.29, 1.82) is 5.26 Å². The van der Waals surface area contributed by atoms with Crippen LogP contribution in [-0.2, 0) is 4.79 Å². The van der Waals surface area contributed by atoms with Gasteiger partial charge in [-0.2, -0.15) is 5.26 Å². The van der Waals surface area contributed by atoms with Gasteiger partial charge < -0.3 is 10.1 Å². The molecule has 1 saturated carbocycles. The number of rotatable bonds is 6. The molecule has 0 radical (unpaired) electrons. The number of hydrogen-bond donors (Lipinski definition) is 1. The Bertz CT molecular complexity index is 649. The summed E-state index contributed by atoms with van der Waals surface area (Å²) in [6, 6.07) is 6.79. The molecule has 0 bridgehead atoms. The lowest BCUT2D eigenvalue weighted by Crippen LogP contribution is -2.48. The van der Waals surface area contributed by atoms with Crippen molar-refractivity contribution in [3.8, 4) is 11.8 Å². The maximum absolute atomic E-state index is 12.0. The van der Waals surface area contributed by atoms with Gasteiger partial charge in [0.25, 0.3) is 5.91 Å². The molecule has 2 rings (SSSR count). The Labute approximate surface area is 134 Å². The first-order valence-corrected chi connectivity index (χ1v) is 7.39. The number of amides is 1. The molecule has 1 fully saturated rings. The van der Waals surface area contributed by atoms with Crippen molar-refractivity contribution in [2.45, 2.75) is 32.2 Å². The Morgan fingerprint density at radius 2 is 2.18 bits per heavy atom. The van der Waals surface area contributed by atoms with Crippen LogP contribution < -0.4 is 10.1 Å². The molecule has 1 aliphatic carbocycles. The maximum Gasteiger partial charge on any atom is 0.259 e. The van der Waals surface area contributed by atoms with Crippen molar-refractivity contribution in [1.82, 2.24) is 5.32 Å². The summed E-state index contributed by atoms with van der Waals surface area (Å²) in [6.07, 6.45) is 1.88. The largest absolute Gasteiger partial charge is 0.483 e. The number of Topliss-reactive ketones (excluding diaryl/α,β-unsaturated/α-hetero) is 1. The number of carbonyl (C=O) groups excluding carboxylic acids is 2. The van der Waals surface area contributed by atoms with E-state index in [2.05, 4.69) is 11.4 Å². The van der Waals surface area contributed by atoms with Crippen LogP contribution in [0.5, 0.6) is 5.75 Å². The van der Waals surface area contributed by atoms with Crippen LogP contribution in [0.15, 0.2) is 18.2 Å². The van der Waals surface area contributed by atoms with Gasteiger partial charge in [0.2, 0.25) is 0 Å². The number of ketones is 1. The van der Waals surface area contributed by atoms with Crippen LogP contribution in [0.1, 0.15) is 37.0 Å². The molecule has 1 aromatic rings. The average molecular weight is 321 g/mol. The number of ether oxygens (including phenoxy) is 1. The second-order valence-electron chi connectivity index (χ2n) is 5.62. The third-order valence-corrected chi connectivity index (χ3v) is 3.94. The molecule has 1 amide bonds. The van der Waals surface area contributed by atoms with Crippen LogP contribution in [0.4, 0.5) is 0 Å². The van der Waals surface area contributed by atoms with Gasteiger partial charge in [-0.3, -0.25) is 9.59 Å². The Morgan fingerprint density at radius 3 is 2.73 bits per heavy atom. The summed E-state index contributed by atoms with van der Waals surface area (Å²) in [7, 11) is 0. The van der Waals surface area contributed by atoms with Gasteiger partial charge in [-0.05, 0) is 50.8 Å². The molecule has 116 valence electrons. The van der Waals surface area contributed by atoms with E-state index in [9.17, 15) is 14.9 Å². The SMILES string of the molecule is CC(=O)c1cc(Cl)ccc1OCC(=O)N[C@@](C)(C#N)C1CC1. The second kappa shape index (κ2) is 6.37. The molecule has 1 atom stereocenters. The number of carbonyl (C=O) groups is 2. The van der Waals surface area contributed by atoms with Crippen LogP contribution in [0.2, 0.25) is 5.02 Å². The van der Waals surface area contributed by atoms with Gasteiger partial charge >= 0.3 is 0 Å². The molecule has 0 spiro atoms. The lowest BCUT2D eigenvalue weighted by Gasteiger charge is -2.23. The lowest BCUT2D eigenvalue weighted by atomic mass is 9.98. The van der Waals surface area contributed by atoms with Gasteiger partial charge in [-0.25, -0.2) is 0 Å². The number of halogens is 1. The summed E-state index contributed by atoms with van der Waals surface area (Å²) in [5, 5.41) is 12.3. The van der Waals surface area contributed by atoms with Crippen LogP contribution in [0.25, 0.3) is 0 Å². The Morgan fingerprint density at radius 1 is 1.50 bits per heavy atom. The summed E-state index contributed by atoms with van der Waals surface area (Å²) in [5.41, 5.74) is -0.533. The highest BCUT2D eigenvalue weighted by Gasteiger charge is 2.43. The van der Waals surface area contributed by atoms with Crippen molar-refractivity contribution in [3.63, 3.8) is 0 Å². The highest BCUT2D eigenvalue weighted by molar-refractivity contribution is 6.31. The molecule has 0 heterocycles. The molecule has 6 heteroatoms.